The fourth-order valence-corrected chi connectivity index (χ4v) is 1.89. The third-order valence-electron chi connectivity index (χ3n) is 2.77. The van der Waals surface area contributed by atoms with Crippen molar-refractivity contribution < 1.29 is 4.79 Å². The number of hydrogen-bond acceptors (Lipinski definition) is 5. The molecule has 1 atom stereocenters. The van der Waals surface area contributed by atoms with E-state index in [1.54, 1.807) is 0 Å². The summed E-state index contributed by atoms with van der Waals surface area (Å²) in [7, 11) is 0. The lowest BCUT2D eigenvalue weighted by molar-refractivity contribution is -0.114. The van der Waals surface area contributed by atoms with Gasteiger partial charge in [0.25, 0.3) is 5.91 Å². The smallest absolute Gasteiger partial charge is 0.297 e. The van der Waals surface area contributed by atoms with Gasteiger partial charge >= 0.3 is 0 Å². The number of hydrogen-bond donors (Lipinski definition) is 3. The number of carbonyl (C=O) groups excluding carboxylic acids is 1. The molecule has 1 aromatic rings. The fourth-order valence-electron chi connectivity index (χ4n) is 1.89. The minimum absolute atomic E-state index is 0.183. The number of nitrogens with zero attached hydrogens (tertiary/aromatic N) is 2. The third kappa shape index (κ3) is 1.64. The van der Waals surface area contributed by atoms with Gasteiger partial charge in [-0.25, -0.2) is 4.99 Å². The number of benzene rings is 1. The van der Waals surface area contributed by atoms with E-state index in [0.29, 0.717) is 11.4 Å². The van der Waals surface area contributed by atoms with Crippen LogP contribution in [0.4, 0.5) is 0 Å². The van der Waals surface area contributed by atoms with Crippen LogP contribution < -0.4 is 16.4 Å². The summed E-state index contributed by atoms with van der Waals surface area (Å²) >= 11 is 0. The molecule has 3 rings (SSSR count). The van der Waals surface area contributed by atoms with Crippen LogP contribution in [0, 0.1) is 0 Å². The second-order valence-corrected chi connectivity index (χ2v) is 3.93. The summed E-state index contributed by atoms with van der Waals surface area (Å²) in [6, 6.07) is 9.63. The number of aliphatic imine (C=N–C) groups is 2. The molecule has 0 aliphatic carbocycles. The lowest BCUT2D eigenvalue weighted by Gasteiger charge is -2.14. The normalized spacial score (nSPS) is 21.9. The summed E-state index contributed by atoms with van der Waals surface area (Å²) in [4.78, 5) is 19.7. The molecule has 4 N–H and O–H groups in total. The van der Waals surface area contributed by atoms with Crippen molar-refractivity contribution >= 4 is 18.1 Å². The van der Waals surface area contributed by atoms with Crippen molar-refractivity contribution in [3.63, 3.8) is 0 Å². The molecule has 0 bridgehead atoms. The second-order valence-electron chi connectivity index (χ2n) is 3.93. The zero-order valence-electron chi connectivity index (χ0n) is 9.42. The Morgan fingerprint density at radius 2 is 1.94 bits per heavy atom. The first kappa shape index (κ1) is 10.5. The largest absolute Gasteiger partial charge is 0.382 e. The molecular weight excluding hydrogens is 230 g/mol. The van der Waals surface area contributed by atoms with Gasteiger partial charge in [-0.1, -0.05) is 30.3 Å². The Balaban J connectivity index is 1.95. The van der Waals surface area contributed by atoms with Gasteiger partial charge in [0.05, 0.1) is 6.34 Å². The number of amides is 1. The highest BCUT2D eigenvalue weighted by Crippen LogP contribution is 2.20. The molecule has 0 saturated heterocycles. The molecule has 0 spiro atoms. The summed E-state index contributed by atoms with van der Waals surface area (Å²) in [5, 5.41) is 5.92. The van der Waals surface area contributed by atoms with E-state index in [1.165, 1.54) is 6.34 Å². The Kier molecular flexibility index (Phi) is 2.33. The fraction of sp³-hybridized carbons (Fsp3) is 0.0833. The van der Waals surface area contributed by atoms with Crippen molar-refractivity contribution in [2.75, 3.05) is 0 Å². The molecule has 0 radical (unpaired) electrons. The Hall–Kier alpha value is -2.63. The molecule has 90 valence electrons. The van der Waals surface area contributed by atoms with Gasteiger partial charge in [0, 0.05) is 0 Å². The van der Waals surface area contributed by atoms with Crippen LogP contribution in [0.15, 0.2) is 51.7 Å². The lowest BCUT2D eigenvalue weighted by atomic mass is 10.1. The van der Waals surface area contributed by atoms with Crippen LogP contribution in [-0.4, -0.2) is 18.1 Å². The van der Waals surface area contributed by atoms with Crippen LogP contribution in [0.2, 0.25) is 0 Å². The summed E-state index contributed by atoms with van der Waals surface area (Å²) in [6.45, 7) is 0. The maximum atomic E-state index is 11.7. The summed E-state index contributed by atoms with van der Waals surface area (Å²) < 4.78 is 0. The summed E-state index contributed by atoms with van der Waals surface area (Å²) in [5.74, 6) is -0.191. The van der Waals surface area contributed by atoms with Gasteiger partial charge in [0.1, 0.15) is 17.6 Å². The molecule has 6 nitrogen and oxygen atoms in total. The van der Waals surface area contributed by atoms with Gasteiger partial charge < -0.3 is 16.4 Å². The quantitative estimate of drug-likeness (QED) is 0.646. The molecule has 0 aromatic heterocycles. The van der Waals surface area contributed by atoms with Gasteiger partial charge in [-0.15, -0.1) is 0 Å². The van der Waals surface area contributed by atoms with Crippen LogP contribution in [0.1, 0.15) is 11.7 Å². The SMILES string of the molecule is NC1=NC(=O)C2=C1NC=NC(c1ccccc1)N2. The van der Waals surface area contributed by atoms with Crippen LogP contribution in [0.5, 0.6) is 0 Å². The number of amidine groups is 1. The minimum atomic E-state index is -0.374. The number of rotatable bonds is 1. The highest BCUT2D eigenvalue weighted by molar-refractivity contribution is 6.18. The first-order valence-electron chi connectivity index (χ1n) is 5.48. The number of nitrogens with two attached hydrogens (primary N) is 1. The summed E-state index contributed by atoms with van der Waals surface area (Å²) in [6.07, 6.45) is 1.20. The maximum absolute atomic E-state index is 11.7. The van der Waals surface area contributed by atoms with Gasteiger partial charge in [-0.2, -0.15) is 4.99 Å². The van der Waals surface area contributed by atoms with Crippen molar-refractivity contribution in [3.8, 4) is 0 Å². The predicted molar refractivity (Wildman–Crippen MR) is 67.6 cm³/mol. The van der Waals surface area contributed by atoms with Crippen LogP contribution in [0.25, 0.3) is 0 Å². The van der Waals surface area contributed by atoms with E-state index < -0.39 is 0 Å². The average molecular weight is 241 g/mol. The Morgan fingerprint density at radius 3 is 2.72 bits per heavy atom. The number of carbonyl (C=O) groups is 1. The van der Waals surface area contributed by atoms with Crippen molar-refractivity contribution in [2.45, 2.75) is 6.17 Å². The first-order valence-corrected chi connectivity index (χ1v) is 5.48. The summed E-state index contributed by atoms with van der Waals surface area (Å²) in [5.41, 5.74) is 7.45. The van der Waals surface area contributed by atoms with Crippen molar-refractivity contribution in [3.05, 3.63) is 47.3 Å². The molecule has 1 unspecified atom stereocenters. The molecular formula is C12H11N5O. The Bertz CT molecular complexity index is 588. The van der Waals surface area contributed by atoms with Crippen LogP contribution >= 0.6 is 0 Å². The van der Waals surface area contributed by atoms with E-state index >= 15 is 0 Å². The van der Waals surface area contributed by atoms with Gasteiger partial charge in [0.15, 0.2) is 5.84 Å². The molecule has 2 aliphatic rings. The Labute approximate surface area is 103 Å². The maximum Gasteiger partial charge on any atom is 0.297 e. The standard InChI is InChI=1S/C12H11N5O/c13-10-8-9(12(18)17-10)16-11(15-6-14-8)7-4-2-1-3-5-7/h1-6,11,16H,(H,14,15)(H2,13,17,18). The van der Waals surface area contributed by atoms with Gasteiger partial charge in [-0.3, -0.25) is 4.79 Å². The van der Waals surface area contributed by atoms with E-state index in [-0.39, 0.29) is 17.9 Å². The van der Waals surface area contributed by atoms with E-state index in [0.717, 1.165) is 5.56 Å². The molecule has 2 aliphatic heterocycles. The van der Waals surface area contributed by atoms with Crippen LogP contribution in [-0.2, 0) is 4.79 Å². The van der Waals surface area contributed by atoms with Crippen molar-refractivity contribution in [1.29, 1.82) is 0 Å². The zero-order chi connectivity index (χ0) is 12.5. The van der Waals surface area contributed by atoms with Gasteiger partial charge in [0.2, 0.25) is 0 Å². The monoisotopic (exact) mass is 241 g/mol. The molecule has 6 heteroatoms. The Morgan fingerprint density at radius 1 is 1.17 bits per heavy atom. The van der Waals surface area contributed by atoms with E-state index in [9.17, 15) is 4.79 Å². The van der Waals surface area contributed by atoms with E-state index in [2.05, 4.69) is 20.6 Å². The lowest BCUT2D eigenvalue weighted by Crippen LogP contribution is -2.26. The first-order chi connectivity index (χ1) is 8.75. The van der Waals surface area contributed by atoms with E-state index in [4.69, 9.17) is 5.73 Å². The highest BCUT2D eigenvalue weighted by Gasteiger charge is 2.28. The highest BCUT2D eigenvalue weighted by atomic mass is 16.1. The van der Waals surface area contributed by atoms with Crippen molar-refractivity contribution in [2.24, 2.45) is 15.7 Å². The average Bonchev–Trinajstić information content (AvgIpc) is 2.59. The molecule has 18 heavy (non-hydrogen) atoms. The molecule has 0 saturated carbocycles. The molecule has 1 amide bonds. The topological polar surface area (TPSA) is 91.9 Å². The minimum Gasteiger partial charge on any atom is -0.382 e. The predicted octanol–water partition coefficient (Wildman–Crippen LogP) is 0.0153. The van der Waals surface area contributed by atoms with Gasteiger partial charge in [-0.05, 0) is 5.56 Å². The third-order valence-corrected chi connectivity index (χ3v) is 2.77. The number of nitrogens with one attached hydrogen (secondary N) is 2. The van der Waals surface area contributed by atoms with Crippen molar-refractivity contribution in [1.82, 2.24) is 10.6 Å². The molecule has 1 aromatic carbocycles. The van der Waals surface area contributed by atoms with E-state index in [1.807, 2.05) is 30.3 Å². The molecule has 0 fully saturated rings. The zero-order valence-corrected chi connectivity index (χ0v) is 9.42. The van der Waals surface area contributed by atoms with Crippen LogP contribution in [0.3, 0.4) is 0 Å². The molecule has 2 heterocycles. The second kappa shape index (κ2) is 3.99.